The molecule has 0 aliphatic heterocycles. The summed E-state index contributed by atoms with van der Waals surface area (Å²) < 4.78 is 8.67. The monoisotopic (exact) mass is 496 g/mol. The van der Waals surface area contributed by atoms with Gasteiger partial charge in [0.2, 0.25) is 4.77 Å². The molecule has 0 bridgehead atoms. The van der Waals surface area contributed by atoms with Gasteiger partial charge in [-0.2, -0.15) is 14.9 Å². The second-order valence-electron chi connectivity index (χ2n) is 5.19. The topological polar surface area (TPSA) is 75.4 Å². The van der Waals surface area contributed by atoms with Crippen molar-refractivity contribution in [2.24, 2.45) is 5.10 Å². The number of halogens is 2. The fourth-order valence-corrected chi connectivity index (χ4v) is 3.69. The number of ether oxygens (including phenoxy) is 1. The summed E-state index contributed by atoms with van der Waals surface area (Å²) in [5.41, 5.74) is 1.37. The Morgan fingerprint density at radius 2 is 2.04 bits per heavy atom. The molecule has 1 heterocycles. The van der Waals surface area contributed by atoms with Gasteiger partial charge in [0.05, 0.1) is 17.3 Å². The highest BCUT2D eigenvalue weighted by molar-refractivity contribution is 9.11. The van der Waals surface area contributed by atoms with Crippen LogP contribution >= 0.6 is 44.1 Å². The lowest BCUT2D eigenvalue weighted by Gasteiger charge is -2.05. The Kier molecular flexibility index (Phi) is 5.90. The van der Waals surface area contributed by atoms with Gasteiger partial charge in [0, 0.05) is 15.6 Å². The highest BCUT2D eigenvalue weighted by atomic mass is 79.9. The molecule has 6 nitrogen and oxygen atoms in total. The summed E-state index contributed by atoms with van der Waals surface area (Å²) in [6.45, 7) is 2.54. The highest BCUT2D eigenvalue weighted by Crippen LogP contribution is 2.30. The van der Waals surface area contributed by atoms with E-state index in [0.29, 0.717) is 27.2 Å². The Morgan fingerprint density at radius 1 is 1.31 bits per heavy atom. The van der Waals surface area contributed by atoms with Crippen LogP contribution in [-0.4, -0.2) is 32.8 Å². The predicted octanol–water partition coefficient (Wildman–Crippen LogP) is 5.12. The third kappa shape index (κ3) is 4.05. The second kappa shape index (κ2) is 8.15. The van der Waals surface area contributed by atoms with E-state index in [1.165, 1.54) is 10.9 Å². The second-order valence-corrected chi connectivity index (χ2v) is 7.35. The summed E-state index contributed by atoms with van der Waals surface area (Å²) in [5, 5.41) is 21.5. The molecule has 9 heteroatoms. The van der Waals surface area contributed by atoms with E-state index in [2.05, 4.69) is 47.2 Å². The van der Waals surface area contributed by atoms with E-state index in [0.717, 1.165) is 15.8 Å². The first-order chi connectivity index (χ1) is 12.5. The lowest BCUT2D eigenvalue weighted by Crippen LogP contribution is -1.96. The molecule has 0 unspecified atom stereocenters. The van der Waals surface area contributed by atoms with Crippen LogP contribution in [0.1, 0.15) is 12.5 Å². The van der Waals surface area contributed by atoms with Gasteiger partial charge >= 0.3 is 0 Å². The lowest BCUT2D eigenvalue weighted by molar-refractivity contribution is 0.340. The van der Waals surface area contributed by atoms with E-state index in [-0.39, 0.29) is 5.75 Å². The molecule has 0 saturated heterocycles. The molecular weight excluding hydrogens is 484 g/mol. The number of hydrogen-bond donors (Lipinski definition) is 2. The van der Waals surface area contributed by atoms with E-state index >= 15 is 0 Å². The number of aromatic nitrogens is 3. The number of nitrogens with zero attached hydrogens (tertiary/aromatic N) is 3. The Labute approximate surface area is 171 Å². The van der Waals surface area contributed by atoms with Crippen molar-refractivity contribution in [1.82, 2.24) is 14.9 Å². The predicted molar refractivity (Wildman–Crippen MR) is 111 cm³/mol. The minimum Gasteiger partial charge on any atom is -0.506 e. The van der Waals surface area contributed by atoms with E-state index in [9.17, 15) is 5.11 Å². The van der Waals surface area contributed by atoms with Crippen LogP contribution in [0.25, 0.3) is 11.4 Å². The maximum Gasteiger partial charge on any atom is 0.216 e. The summed E-state index contributed by atoms with van der Waals surface area (Å²) in [4.78, 5) is 0. The molecule has 1 aromatic heterocycles. The van der Waals surface area contributed by atoms with Crippen molar-refractivity contribution < 1.29 is 9.84 Å². The number of benzene rings is 2. The Hall–Kier alpha value is -1.97. The molecule has 134 valence electrons. The first kappa shape index (κ1) is 18.8. The Bertz CT molecular complexity index is 1010. The zero-order valence-electron chi connectivity index (χ0n) is 13.6. The van der Waals surface area contributed by atoms with Gasteiger partial charge in [-0.15, -0.1) is 0 Å². The number of nitrogens with one attached hydrogen (secondary N) is 1. The first-order valence-electron chi connectivity index (χ1n) is 7.62. The maximum atomic E-state index is 10.2. The summed E-state index contributed by atoms with van der Waals surface area (Å²) in [6, 6.07) is 11.0. The smallest absolute Gasteiger partial charge is 0.216 e. The molecule has 2 aromatic carbocycles. The summed E-state index contributed by atoms with van der Waals surface area (Å²) in [6.07, 6.45) is 1.52. The molecular formula is C17H14Br2N4O2S. The number of rotatable bonds is 5. The average Bonchev–Trinajstić information content (AvgIpc) is 2.98. The average molecular weight is 498 g/mol. The fraction of sp³-hybridized carbons (Fsp3) is 0.118. The number of phenols is 1. The van der Waals surface area contributed by atoms with Crippen LogP contribution in [0.4, 0.5) is 0 Å². The van der Waals surface area contributed by atoms with Crippen molar-refractivity contribution in [3.63, 3.8) is 0 Å². The number of aromatic amines is 1. The van der Waals surface area contributed by atoms with Crippen LogP contribution in [0, 0.1) is 4.77 Å². The number of aromatic hydroxyl groups is 1. The quantitative estimate of drug-likeness (QED) is 0.379. The molecule has 0 atom stereocenters. The van der Waals surface area contributed by atoms with E-state index < -0.39 is 0 Å². The number of phenolic OH excluding ortho intramolecular Hbond substituents is 1. The van der Waals surface area contributed by atoms with Crippen molar-refractivity contribution in [2.75, 3.05) is 6.61 Å². The third-order valence-corrected chi connectivity index (χ3v) is 4.77. The largest absolute Gasteiger partial charge is 0.506 e. The van der Waals surface area contributed by atoms with Gasteiger partial charge in [0.25, 0.3) is 0 Å². The molecule has 2 N–H and O–H groups in total. The minimum absolute atomic E-state index is 0.0922. The zero-order chi connectivity index (χ0) is 18.7. The van der Waals surface area contributed by atoms with Crippen molar-refractivity contribution in [1.29, 1.82) is 0 Å². The highest BCUT2D eigenvalue weighted by Gasteiger charge is 2.10. The van der Waals surface area contributed by atoms with Gasteiger partial charge < -0.3 is 9.84 Å². The Balaban J connectivity index is 1.97. The van der Waals surface area contributed by atoms with E-state index in [1.807, 2.05) is 31.2 Å². The molecule has 0 saturated carbocycles. The van der Waals surface area contributed by atoms with Gasteiger partial charge in [-0.3, -0.25) is 0 Å². The van der Waals surface area contributed by atoms with Crippen molar-refractivity contribution in [3.8, 4) is 22.9 Å². The van der Waals surface area contributed by atoms with Gasteiger partial charge in [-0.25, -0.2) is 5.10 Å². The van der Waals surface area contributed by atoms with Gasteiger partial charge in [0.15, 0.2) is 5.82 Å². The van der Waals surface area contributed by atoms with Crippen LogP contribution in [0.2, 0.25) is 0 Å². The van der Waals surface area contributed by atoms with Crippen LogP contribution in [0.15, 0.2) is 50.4 Å². The van der Waals surface area contributed by atoms with Crippen LogP contribution in [0.5, 0.6) is 11.5 Å². The lowest BCUT2D eigenvalue weighted by atomic mass is 10.2. The zero-order valence-corrected chi connectivity index (χ0v) is 17.6. The molecule has 3 rings (SSSR count). The van der Waals surface area contributed by atoms with Crippen LogP contribution in [-0.2, 0) is 0 Å². The third-order valence-electron chi connectivity index (χ3n) is 3.44. The molecule has 0 aliphatic rings. The SMILES string of the molecule is CCOc1ccc(-c2n[nH]c(=S)n2/N=C\c2cc(Br)cc(Br)c2O)cc1. The van der Waals surface area contributed by atoms with Gasteiger partial charge in [-0.1, -0.05) is 15.9 Å². The first-order valence-corrected chi connectivity index (χ1v) is 9.62. The van der Waals surface area contributed by atoms with Gasteiger partial charge in [0.1, 0.15) is 11.5 Å². The Morgan fingerprint density at radius 3 is 2.73 bits per heavy atom. The summed E-state index contributed by atoms with van der Waals surface area (Å²) in [5.74, 6) is 1.43. The molecule has 0 spiro atoms. The minimum atomic E-state index is 0.0922. The van der Waals surface area contributed by atoms with Crippen molar-refractivity contribution >= 4 is 50.3 Å². The van der Waals surface area contributed by atoms with E-state index in [1.54, 1.807) is 12.1 Å². The summed E-state index contributed by atoms with van der Waals surface area (Å²) >= 11 is 12.0. The molecule has 0 fully saturated rings. The van der Waals surface area contributed by atoms with E-state index in [4.69, 9.17) is 17.0 Å². The maximum absolute atomic E-state index is 10.2. The molecule has 0 amide bonds. The molecule has 0 aliphatic carbocycles. The standard InChI is InChI=1S/C17H14Br2N4O2S/c1-2-25-13-5-3-10(4-6-13)16-21-22-17(26)23(16)20-9-11-7-12(18)8-14(19)15(11)24/h3-9,24H,2H2,1H3,(H,22,26)/b20-9-. The number of H-pyrrole nitrogens is 1. The molecule has 26 heavy (non-hydrogen) atoms. The van der Waals surface area contributed by atoms with Crippen molar-refractivity contribution in [2.45, 2.75) is 6.92 Å². The molecule has 0 radical (unpaired) electrons. The normalized spacial score (nSPS) is 11.2. The van der Waals surface area contributed by atoms with Crippen molar-refractivity contribution in [3.05, 3.63) is 55.7 Å². The fourth-order valence-electron chi connectivity index (χ4n) is 2.26. The van der Waals surface area contributed by atoms with Crippen LogP contribution < -0.4 is 4.74 Å². The number of hydrogen-bond acceptors (Lipinski definition) is 5. The van der Waals surface area contributed by atoms with Gasteiger partial charge in [-0.05, 0) is 71.5 Å². The van der Waals surface area contributed by atoms with Crippen LogP contribution in [0.3, 0.4) is 0 Å². The molecule has 3 aromatic rings. The summed E-state index contributed by atoms with van der Waals surface area (Å²) in [7, 11) is 0.